The average Bonchev–Trinajstić information content (AvgIpc) is 2.95. The lowest BCUT2D eigenvalue weighted by atomic mass is 9.89. The summed E-state index contributed by atoms with van der Waals surface area (Å²) in [5.74, 6) is 4.43. The van der Waals surface area contributed by atoms with Gasteiger partial charge in [-0.05, 0) is 55.5 Å². The van der Waals surface area contributed by atoms with E-state index in [0.29, 0.717) is 40.7 Å². The van der Waals surface area contributed by atoms with E-state index >= 15 is 8.78 Å². The molecule has 4 nitrogen and oxygen atoms in total. The van der Waals surface area contributed by atoms with E-state index in [2.05, 4.69) is 23.6 Å². The van der Waals surface area contributed by atoms with Crippen molar-refractivity contribution in [1.29, 1.82) is 5.41 Å². The smallest absolute Gasteiger partial charge is 0.260 e. The number of thioether (sulfide) groups is 1. The van der Waals surface area contributed by atoms with Gasteiger partial charge in [-0.25, -0.2) is 27.8 Å². The molecule has 0 aliphatic carbocycles. The fourth-order valence-electron chi connectivity index (χ4n) is 3.72. The molecule has 2 rings (SSSR count). The third kappa shape index (κ3) is 11.1. The monoisotopic (exact) mass is 600 g/mol. The quantitative estimate of drug-likeness (QED) is 0.0437. The molecular formula is C32H33F5N4S. The van der Waals surface area contributed by atoms with Crippen molar-refractivity contribution in [2.24, 2.45) is 10.8 Å². The molecule has 0 amide bonds. The Bertz CT molecular complexity index is 1420. The number of aryl methyl sites for hydroxylation is 1. The third-order valence-corrected chi connectivity index (χ3v) is 7.17. The summed E-state index contributed by atoms with van der Waals surface area (Å²) >= 11 is 1.56. The van der Waals surface area contributed by atoms with Crippen molar-refractivity contribution >= 4 is 24.8 Å². The van der Waals surface area contributed by atoms with Gasteiger partial charge in [0, 0.05) is 47.9 Å². The number of hydrogen-bond acceptors (Lipinski definition) is 4. The SMILES string of the molecule is C=N/C=C(C#CC/C=C\C(=C/C)SCc1ccc(C)c(F)c1)\C=C/CC(F)(F)C(CN(N)C=N)c1ccc(F)cc1F. The summed E-state index contributed by atoms with van der Waals surface area (Å²) in [6.45, 7) is 6.43. The molecule has 3 N–H and O–H groups in total. The first-order chi connectivity index (χ1) is 20.0. The summed E-state index contributed by atoms with van der Waals surface area (Å²) in [4.78, 5) is 4.65. The molecule has 42 heavy (non-hydrogen) atoms. The van der Waals surface area contributed by atoms with E-state index in [1.54, 1.807) is 24.8 Å². The summed E-state index contributed by atoms with van der Waals surface area (Å²) in [5, 5.41) is 7.90. The zero-order chi connectivity index (χ0) is 31.1. The molecule has 0 aliphatic heterocycles. The highest BCUT2D eigenvalue weighted by molar-refractivity contribution is 8.02. The van der Waals surface area contributed by atoms with Crippen LogP contribution >= 0.6 is 11.8 Å². The number of allylic oxidation sites excluding steroid dienone is 6. The number of aliphatic imine (C=N–C) groups is 1. The molecule has 222 valence electrons. The molecule has 0 spiro atoms. The molecule has 0 saturated carbocycles. The van der Waals surface area contributed by atoms with Crippen molar-refractivity contribution in [3.05, 3.63) is 118 Å². The van der Waals surface area contributed by atoms with Crippen LogP contribution in [0.25, 0.3) is 0 Å². The minimum atomic E-state index is -3.50. The van der Waals surface area contributed by atoms with Crippen LogP contribution in [0.1, 0.15) is 42.4 Å². The highest BCUT2D eigenvalue weighted by atomic mass is 32.2. The number of hydrazine groups is 1. The molecule has 1 unspecified atom stereocenters. The second kappa shape index (κ2) is 17.1. The minimum Gasteiger partial charge on any atom is -0.301 e. The first kappa shape index (κ1) is 34.3. The molecule has 1 atom stereocenters. The number of alkyl halides is 2. The predicted octanol–water partition coefficient (Wildman–Crippen LogP) is 8.23. The lowest BCUT2D eigenvalue weighted by Gasteiger charge is -2.29. The van der Waals surface area contributed by atoms with E-state index in [1.165, 1.54) is 24.4 Å². The average molecular weight is 601 g/mol. The van der Waals surface area contributed by atoms with Crippen LogP contribution in [0.3, 0.4) is 0 Å². The topological polar surface area (TPSA) is 65.5 Å². The van der Waals surface area contributed by atoms with E-state index in [9.17, 15) is 13.2 Å². The number of benzene rings is 2. The van der Waals surface area contributed by atoms with Crippen LogP contribution in [0.5, 0.6) is 0 Å². The van der Waals surface area contributed by atoms with Crippen molar-refractivity contribution in [2.45, 2.75) is 44.3 Å². The number of hydrogen-bond donors (Lipinski definition) is 2. The standard InChI is InChI=1S/C32H33F5N4S/c1-4-27(42-21-25-13-12-23(2)30(34)17-25)11-7-5-6-9-24(19-40-3)10-8-16-32(36,37)29(20-41(39)22-38)28-15-14-26(33)18-31(28)35/h4,7-8,10-15,17-19,22,29,38H,3,5,16,20-21,39H2,1-2H3/b10-8-,11-7-,24-19-,27-4+,38-22?. The van der Waals surface area contributed by atoms with Crippen LogP contribution in [0.2, 0.25) is 0 Å². The molecule has 2 aromatic rings. The van der Waals surface area contributed by atoms with Crippen molar-refractivity contribution in [1.82, 2.24) is 5.01 Å². The Morgan fingerprint density at radius 2 is 1.90 bits per heavy atom. The summed E-state index contributed by atoms with van der Waals surface area (Å²) in [6, 6.07) is 7.55. The lowest BCUT2D eigenvalue weighted by molar-refractivity contribution is -0.0308. The summed E-state index contributed by atoms with van der Waals surface area (Å²) in [6.07, 6.45) is 9.78. The largest absolute Gasteiger partial charge is 0.301 e. The van der Waals surface area contributed by atoms with Gasteiger partial charge >= 0.3 is 0 Å². The van der Waals surface area contributed by atoms with Gasteiger partial charge in [0.15, 0.2) is 0 Å². The van der Waals surface area contributed by atoms with Crippen LogP contribution in [-0.4, -0.2) is 30.5 Å². The summed E-state index contributed by atoms with van der Waals surface area (Å²) in [5.41, 5.74) is 1.40. The van der Waals surface area contributed by atoms with Crippen molar-refractivity contribution in [3.8, 4) is 11.8 Å². The number of nitrogens with zero attached hydrogens (tertiary/aromatic N) is 2. The maximum Gasteiger partial charge on any atom is 0.260 e. The Balaban J connectivity index is 2.05. The predicted molar refractivity (Wildman–Crippen MR) is 163 cm³/mol. The molecule has 0 heterocycles. The molecule has 0 saturated heterocycles. The lowest BCUT2D eigenvalue weighted by Crippen LogP contribution is -2.40. The number of nitrogens with two attached hydrogens (primary N) is 1. The van der Waals surface area contributed by atoms with E-state index in [-0.39, 0.29) is 5.82 Å². The molecular weight excluding hydrogens is 567 g/mol. The molecule has 0 radical (unpaired) electrons. The van der Waals surface area contributed by atoms with E-state index in [1.807, 2.05) is 31.2 Å². The first-order valence-electron chi connectivity index (χ1n) is 12.9. The van der Waals surface area contributed by atoms with Gasteiger partial charge in [-0.3, -0.25) is 10.4 Å². The second-order valence-corrected chi connectivity index (χ2v) is 10.2. The number of halogens is 5. The minimum absolute atomic E-state index is 0.233. The number of nitrogens with one attached hydrogen (secondary N) is 1. The summed E-state index contributed by atoms with van der Waals surface area (Å²) in [7, 11) is 0. The Kier molecular flexibility index (Phi) is 14.0. The molecule has 0 aliphatic rings. The van der Waals surface area contributed by atoms with Gasteiger partial charge in [0.25, 0.3) is 5.92 Å². The Morgan fingerprint density at radius 1 is 1.14 bits per heavy atom. The van der Waals surface area contributed by atoms with E-state index < -0.39 is 42.0 Å². The Morgan fingerprint density at radius 3 is 2.55 bits per heavy atom. The Labute approximate surface area is 248 Å². The molecule has 0 fully saturated rings. The number of rotatable bonds is 14. The van der Waals surface area contributed by atoms with E-state index in [4.69, 9.17) is 11.3 Å². The second-order valence-electron chi connectivity index (χ2n) is 9.15. The van der Waals surface area contributed by atoms with Crippen LogP contribution in [0, 0.1) is 41.6 Å². The third-order valence-electron chi connectivity index (χ3n) is 5.99. The van der Waals surface area contributed by atoms with Gasteiger partial charge in [0.2, 0.25) is 0 Å². The highest BCUT2D eigenvalue weighted by Crippen LogP contribution is 2.38. The fourth-order valence-corrected chi connectivity index (χ4v) is 4.59. The van der Waals surface area contributed by atoms with Gasteiger partial charge in [-0.15, -0.1) is 11.8 Å². The van der Waals surface area contributed by atoms with Crippen molar-refractivity contribution in [3.63, 3.8) is 0 Å². The van der Waals surface area contributed by atoms with Gasteiger partial charge < -0.3 is 5.01 Å². The van der Waals surface area contributed by atoms with Gasteiger partial charge in [-0.2, -0.15) is 0 Å². The zero-order valence-corrected chi connectivity index (χ0v) is 24.2. The fraction of sp³-hybridized carbons (Fsp3) is 0.250. The highest BCUT2D eigenvalue weighted by Gasteiger charge is 2.41. The summed E-state index contributed by atoms with van der Waals surface area (Å²) < 4.78 is 72.0. The van der Waals surface area contributed by atoms with E-state index in [0.717, 1.165) is 22.6 Å². The van der Waals surface area contributed by atoms with Crippen LogP contribution in [-0.2, 0) is 5.75 Å². The normalized spacial score (nSPS) is 13.2. The van der Waals surface area contributed by atoms with Crippen molar-refractivity contribution in [2.75, 3.05) is 6.54 Å². The maximum absolute atomic E-state index is 15.3. The molecule has 0 aromatic heterocycles. The van der Waals surface area contributed by atoms with Gasteiger partial charge in [0.05, 0.1) is 12.3 Å². The maximum atomic E-state index is 15.3. The Hall–Kier alpha value is -3.94. The first-order valence-corrected chi connectivity index (χ1v) is 13.9. The van der Waals surface area contributed by atoms with Gasteiger partial charge in [-0.1, -0.05) is 54.3 Å². The van der Waals surface area contributed by atoms with Crippen LogP contribution < -0.4 is 5.84 Å². The van der Waals surface area contributed by atoms with Crippen molar-refractivity contribution < 1.29 is 22.0 Å². The van der Waals surface area contributed by atoms with Crippen LogP contribution in [0.15, 0.2) is 88.4 Å². The zero-order valence-electron chi connectivity index (χ0n) is 23.4. The van der Waals surface area contributed by atoms with Crippen LogP contribution in [0.4, 0.5) is 22.0 Å². The molecule has 0 bridgehead atoms. The van der Waals surface area contributed by atoms with Gasteiger partial charge in [0.1, 0.15) is 17.5 Å². The molecule has 2 aromatic carbocycles. The molecule has 10 heteroatoms.